The van der Waals surface area contributed by atoms with Gasteiger partial charge in [0, 0.05) is 38.6 Å². The highest BCUT2D eigenvalue weighted by Crippen LogP contribution is 2.42. The first-order valence-electron chi connectivity index (χ1n) is 13.5. The maximum atomic E-state index is 14.1. The third-order valence-electron chi connectivity index (χ3n) is 7.83. The molecule has 2 heterocycles. The molecule has 4 rings (SSSR count). The van der Waals surface area contributed by atoms with Gasteiger partial charge in [-0.15, -0.1) is 0 Å². The lowest BCUT2D eigenvalue weighted by atomic mass is 9.92. The molecule has 1 fully saturated rings. The van der Waals surface area contributed by atoms with Crippen LogP contribution in [-0.4, -0.2) is 67.8 Å². The predicted octanol–water partition coefficient (Wildman–Crippen LogP) is 4.45. The van der Waals surface area contributed by atoms with Crippen molar-refractivity contribution in [3.05, 3.63) is 77.3 Å². The molecule has 227 valence electrons. The van der Waals surface area contributed by atoms with Crippen LogP contribution >= 0.6 is 0 Å². The summed E-state index contributed by atoms with van der Waals surface area (Å²) in [4.78, 5) is 30.8. The van der Waals surface area contributed by atoms with E-state index < -0.39 is 46.1 Å². The summed E-state index contributed by atoms with van der Waals surface area (Å²) in [6.45, 7) is 10.6. The van der Waals surface area contributed by atoms with E-state index in [9.17, 15) is 41.5 Å². The minimum absolute atomic E-state index is 0.0163. The number of halogens is 3. The van der Waals surface area contributed by atoms with Gasteiger partial charge in [0.05, 0.1) is 33.8 Å². The van der Waals surface area contributed by atoms with Gasteiger partial charge in [0.25, 0.3) is 0 Å². The monoisotopic (exact) mass is 615 g/mol. The highest BCUT2D eigenvalue weighted by molar-refractivity contribution is 7.90. The van der Waals surface area contributed by atoms with Crippen LogP contribution in [0.15, 0.2) is 58.6 Å². The molecule has 0 unspecified atom stereocenters. The van der Waals surface area contributed by atoms with E-state index in [1.54, 1.807) is 0 Å². The molecule has 1 saturated heterocycles. The standard InChI is InChI=1S/C30H30F3N4O5S/c1-19-20(2)37(24-6-4-5-23(16-24)30(31,32)33)29(40)36(18-27(39)35-12-9-21(10-13-35)11-14-38)28(19)25-8-7-22(17-34)15-26(25)43(3,41)42/h4-8,15-16,21,28,38H,9-14,18H2,2-3H3/t28-/m0/s1. The van der Waals surface area contributed by atoms with E-state index in [0.717, 1.165) is 40.3 Å². The molecule has 2 aliphatic rings. The molecular formula is C30H30F3N4O5S. The van der Waals surface area contributed by atoms with Gasteiger partial charge in [-0.05, 0) is 73.6 Å². The van der Waals surface area contributed by atoms with E-state index in [2.05, 4.69) is 0 Å². The van der Waals surface area contributed by atoms with Crippen molar-refractivity contribution in [3.8, 4) is 6.07 Å². The maximum absolute atomic E-state index is 14.1. The van der Waals surface area contributed by atoms with Crippen LogP contribution < -0.4 is 4.90 Å². The number of aliphatic hydroxyl groups is 1. The normalized spacial score (nSPS) is 18.7. The molecule has 3 radical (unpaired) electrons. The fourth-order valence-corrected chi connectivity index (χ4v) is 6.46. The first-order valence-corrected chi connectivity index (χ1v) is 15.4. The van der Waals surface area contributed by atoms with Crippen molar-refractivity contribution in [2.75, 3.05) is 37.4 Å². The van der Waals surface area contributed by atoms with Gasteiger partial charge < -0.3 is 14.9 Å². The van der Waals surface area contributed by atoms with Gasteiger partial charge in [-0.2, -0.15) is 18.4 Å². The molecule has 13 heteroatoms. The first kappa shape index (κ1) is 32.0. The highest BCUT2D eigenvalue weighted by atomic mass is 32.2. The van der Waals surface area contributed by atoms with E-state index in [0.29, 0.717) is 32.4 Å². The fraction of sp³-hybridized carbons (Fsp3) is 0.400. The average molecular weight is 616 g/mol. The molecule has 0 spiro atoms. The Morgan fingerprint density at radius 2 is 1.84 bits per heavy atom. The zero-order chi connectivity index (χ0) is 31.7. The summed E-state index contributed by atoms with van der Waals surface area (Å²) in [6, 6.07) is 7.36. The van der Waals surface area contributed by atoms with Crippen molar-refractivity contribution in [2.45, 2.75) is 43.3 Å². The van der Waals surface area contributed by atoms with Crippen LogP contribution in [0.4, 0.5) is 23.7 Å². The number of likely N-dealkylation sites (tertiary alicyclic amines) is 1. The summed E-state index contributed by atoms with van der Waals surface area (Å²) in [5.74, 6) is -0.247. The number of carbonyl (C=O) groups is 2. The topological polar surface area (TPSA) is 122 Å². The number of rotatable bonds is 7. The number of nitrogens with zero attached hydrogens (tertiary/aromatic N) is 4. The number of allylic oxidation sites excluding steroid dienone is 1. The highest BCUT2D eigenvalue weighted by Gasteiger charge is 2.42. The summed E-state index contributed by atoms with van der Waals surface area (Å²) in [5, 5.41) is 18.6. The second kappa shape index (κ2) is 12.4. The van der Waals surface area contributed by atoms with Crippen LogP contribution in [-0.2, 0) is 20.8 Å². The minimum Gasteiger partial charge on any atom is -0.396 e. The Hall–Kier alpha value is -3.89. The molecule has 0 aliphatic carbocycles. The van der Waals surface area contributed by atoms with Crippen LogP contribution in [0, 0.1) is 24.2 Å². The lowest BCUT2D eigenvalue weighted by Crippen LogP contribution is -2.53. The van der Waals surface area contributed by atoms with Crippen LogP contribution in [0.25, 0.3) is 0 Å². The number of aliphatic hydroxyl groups excluding tert-OH is 1. The van der Waals surface area contributed by atoms with Crippen molar-refractivity contribution >= 4 is 27.5 Å². The lowest BCUT2D eigenvalue weighted by molar-refractivity contribution is -0.137. The number of anilines is 1. The van der Waals surface area contributed by atoms with Crippen LogP contribution in [0.5, 0.6) is 0 Å². The molecule has 2 aromatic rings. The van der Waals surface area contributed by atoms with Gasteiger partial charge >= 0.3 is 12.2 Å². The van der Waals surface area contributed by atoms with Gasteiger partial charge in [0.15, 0.2) is 9.84 Å². The second-order valence-corrected chi connectivity index (χ2v) is 12.7. The molecule has 1 N–H and O–H groups in total. The third kappa shape index (κ3) is 6.70. The van der Waals surface area contributed by atoms with Crippen LogP contribution in [0.2, 0.25) is 0 Å². The molecule has 0 aromatic heterocycles. The number of piperidine rings is 1. The molecule has 3 amide bonds. The van der Waals surface area contributed by atoms with E-state index in [-0.39, 0.29) is 45.5 Å². The van der Waals surface area contributed by atoms with Gasteiger partial charge in [0.2, 0.25) is 5.91 Å². The number of benzene rings is 2. The van der Waals surface area contributed by atoms with Gasteiger partial charge in [-0.3, -0.25) is 9.69 Å². The molecule has 2 aromatic carbocycles. The largest absolute Gasteiger partial charge is 0.416 e. The summed E-state index contributed by atoms with van der Waals surface area (Å²) < 4.78 is 66.2. The number of alkyl halides is 3. The Morgan fingerprint density at radius 3 is 2.42 bits per heavy atom. The lowest BCUT2D eigenvalue weighted by Gasteiger charge is -2.44. The quantitative estimate of drug-likeness (QED) is 0.492. The van der Waals surface area contributed by atoms with Crippen molar-refractivity contribution in [2.24, 2.45) is 5.92 Å². The smallest absolute Gasteiger partial charge is 0.396 e. The molecule has 1 atom stereocenters. The Kier molecular flexibility index (Phi) is 9.22. The maximum Gasteiger partial charge on any atom is 0.416 e. The number of amides is 3. The molecular weight excluding hydrogens is 585 g/mol. The van der Waals surface area contributed by atoms with E-state index in [4.69, 9.17) is 6.92 Å². The van der Waals surface area contributed by atoms with E-state index in [1.165, 1.54) is 30.0 Å². The van der Waals surface area contributed by atoms with Gasteiger partial charge in [-0.25, -0.2) is 13.2 Å². The number of hydrogen-bond acceptors (Lipinski definition) is 6. The average Bonchev–Trinajstić information content (AvgIpc) is 2.95. The second-order valence-electron chi connectivity index (χ2n) is 10.7. The van der Waals surface area contributed by atoms with Gasteiger partial charge in [0.1, 0.15) is 6.54 Å². The van der Waals surface area contributed by atoms with Gasteiger partial charge in [-0.1, -0.05) is 12.1 Å². The fourth-order valence-electron chi connectivity index (χ4n) is 5.51. The number of nitriles is 1. The van der Waals surface area contributed by atoms with E-state index in [1.807, 2.05) is 6.07 Å². The molecule has 9 nitrogen and oxygen atoms in total. The van der Waals surface area contributed by atoms with E-state index >= 15 is 0 Å². The Bertz CT molecular complexity index is 1590. The Balaban J connectivity index is 1.83. The summed E-state index contributed by atoms with van der Waals surface area (Å²) in [6.07, 6.45) is -1.92. The molecule has 43 heavy (non-hydrogen) atoms. The molecule has 0 saturated carbocycles. The SMILES string of the molecule is [C]C1=C(C)N(c2cccc(C(F)(F)F)c2)C(=O)N(CC(=O)N2CCC(CCO)CC2)[C@@H]1c1ccc(C#N)cc1S(C)(=O)=O. The zero-order valence-electron chi connectivity index (χ0n) is 23.6. The number of urea groups is 1. The van der Waals surface area contributed by atoms with Crippen LogP contribution in [0.1, 0.15) is 48.9 Å². The zero-order valence-corrected chi connectivity index (χ0v) is 24.4. The first-order chi connectivity index (χ1) is 20.2. The molecule has 2 aliphatic heterocycles. The number of hydrogen-bond donors (Lipinski definition) is 1. The Morgan fingerprint density at radius 1 is 1.16 bits per heavy atom. The number of sulfone groups is 1. The van der Waals surface area contributed by atoms with Crippen LogP contribution in [0.3, 0.4) is 0 Å². The van der Waals surface area contributed by atoms with Crippen molar-refractivity contribution in [1.29, 1.82) is 5.26 Å². The van der Waals surface area contributed by atoms with Crippen molar-refractivity contribution in [3.63, 3.8) is 0 Å². The number of carbonyl (C=O) groups excluding carboxylic acids is 2. The summed E-state index contributed by atoms with van der Waals surface area (Å²) in [5.41, 5.74) is -1.53. The molecule has 0 bridgehead atoms. The Labute approximate surface area is 248 Å². The van der Waals surface area contributed by atoms with Crippen molar-refractivity contribution < 1.29 is 36.3 Å². The third-order valence-corrected chi connectivity index (χ3v) is 8.98. The predicted molar refractivity (Wildman–Crippen MR) is 150 cm³/mol. The van der Waals surface area contributed by atoms with Crippen molar-refractivity contribution in [1.82, 2.24) is 9.80 Å². The summed E-state index contributed by atoms with van der Waals surface area (Å²) in [7, 11) is -3.99. The summed E-state index contributed by atoms with van der Waals surface area (Å²) >= 11 is 0. The minimum atomic E-state index is -4.70.